The van der Waals surface area contributed by atoms with Gasteiger partial charge in [0.2, 0.25) is 5.95 Å². The van der Waals surface area contributed by atoms with Gasteiger partial charge in [-0.05, 0) is 30.3 Å². The molecule has 1 heterocycles. The molecule has 0 unspecified atom stereocenters. The summed E-state index contributed by atoms with van der Waals surface area (Å²) in [4.78, 5) is 4.38. The molecule has 7 nitrogen and oxygen atoms in total. The molecule has 2 aromatic carbocycles. The zero-order chi connectivity index (χ0) is 18.5. The first-order valence-electron chi connectivity index (χ1n) is 7.50. The van der Waals surface area contributed by atoms with Crippen LogP contribution in [0, 0.1) is 0 Å². The molecule has 0 bridgehead atoms. The minimum Gasteiger partial charge on any atom is -0.497 e. The van der Waals surface area contributed by atoms with E-state index in [1.54, 1.807) is 50.6 Å². The van der Waals surface area contributed by atoms with Crippen LogP contribution in [0.3, 0.4) is 0 Å². The van der Waals surface area contributed by atoms with E-state index in [0.717, 1.165) is 5.69 Å². The summed E-state index contributed by atoms with van der Waals surface area (Å²) in [6, 6.07) is 10.5. The van der Waals surface area contributed by atoms with Gasteiger partial charge in [-0.15, -0.1) is 5.10 Å². The van der Waals surface area contributed by atoms with Gasteiger partial charge in [0.05, 0.1) is 36.1 Å². The summed E-state index contributed by atoms with van der Waals surface area (Å²) >= 11 is 11.9. The van der Waals surface area contributed by atoms with Gasteiger partial charge in [0.15, 0.2) is 5.82 Å². The fourth-order valence-corrected chi connectivity index (χ4v) is 2.47. The molecule has 0 amide bonds. The van der Waals surface area contributed by atoms with Crippen LogP contribution in [-0.2, 0) is 0 Å². The number of benzene rings is 2. The fourth-order valence-electron chi connectivity index (χ4n) is 2.17. The van der Waals surface area contributed by atoms with Crippen LogP contribution in [0.1, 0.15) is 0 Å². The quantitative estimate of drug-likeness (QED) is 0.630. The van der Waals surface area contributed by atoms with Gasteiger partial charge in [-0.1, -0.05) is 23.2 Å². The molecule has 0 spiro atoms. The van der Waals surface area contributed by atoms with Gasteiger partial charge in [-0.25, -0.2) is 0 Å². The van der Waals surface area contributed by atoms with Gasteiger partial charge < -0.3 is 20.1 Å². The summed E-state index contributed by atoms with van der Waals surface area (Å²) in [5, 5.41) is 15.0. The third-order valence-electron chi connectivity index (χ3n) is 3.40. The van der Waals surface area contributed by atoms with Crippen molar-refractivity contribution < 1.29 is 9.47 Å². The van der Waals surface area contributed by atoms with Crippen LogP contribution in [0.4, 0.5) is 23.1 Å². The molecule has 0 saturated carbocycles. The van der Waals surface area contributed by atoms with Crippen molar-refractivity contribution >= 4 is 46.3 Å². The monoisotopic (exact) mass is 391 g/mol. The normalized spacial score (nSPS) is 10.3. The van der Waals surface area contributed by atoms with E-state index in [1.807, 2.05) is 0 Å². The number of rotatable bonds is 6. The van der Waals surface area contributed by atoms with Crippen LogP contribution < -0.4 is 20.1 Å². The van der Waals surface area contributed by atoms with E-state index in [2.05, 4.69) is 25.8 Å². The number of nitrogens with zero attached hydrogens (tertiary/aromatic N) is 3. The number of anilines is 4. The highest BCUT2D eigenvalue weighted by molar-refractivity contribution is 6.42. The van der Waals surface area contributed by atoms with Crippen LogP contribution in [-0.4, -0.2) is 29.4 Å². The van der Waals surface area contributed by atoms with Gasteiger partial charge in [0, 0.05) is 11.8 Å². The minimum absolute atomic E-state index is 0.293. The first-order valence-corrected chi connectivity index (χ1v) is 8.25. The first-order chi connectivity index (χ1) is 12.6. The Morgan fingerprint density at radius 1 is 0.923 bits per heavy atom. The Bertz CT molecular complexity index is 923. The SMILES string of the molecule is COc1ccc(OC)c(Nc2nncc(Nc3ccc(Cl)c(Cl)c3)n2)c1. The Kier molecular flexibility index (Phi) is 5.60. The van der Waals surface area contributed by atoms with Crippen LogP contribution in [0.25, 0.3) is 0 Å². The molecule has 0 aliphatic heterocycles. The molecule has 2 N–H and O–H groups in total. The second-order valence-electron chi connectivity index (χ2n) is 5.11. The van der Waals surface area contributed by atoms with Crippen molar-refractivity contribution in [1.29, 1.82) is 0 Å². The average Bonchev–Trinajstić information content (AvgIpc) is 2.65. The van der Waals surface area contributed by atoms with Crippen LogP contribution in [0.15, 0.2) is 42.6 Å². The Labute approximate surface area is 160 Å². The van der Waals surface area contributed by atoms with Crippen molar-refractivity contribution in [2.75, 3.05) is 24.9 Å². The zero-order valence-corrected chi connectivity index (χ0v) is 15.5. The third-order valence-corrected chi connectivity index (χ3v) is 4.14. The van der Waals surface area contributed by atoms with E-state index < -0.39 is 0 Å². The molecular weight excluding hydrogens is 377 g/mol. The highest BCUT2D eigenvalue weighted by Crippen LogP contribution is 2.31. The van der Waals surface area contributed by atoms with Crippen molar-refractivity contribution in [3.63, 3.8) is 0 Å². The van der Waals surface area contributed by atoms with E-state index in [-0.39, 0.29) is 0 Å². The van der Waals surface area contributed by atoms with Gasteiger partial charge >= 0.3 is 0 Å². The maximum absolute atomic E-state index is 6.02. The Morgan fingerprint density at radius 2 is 1.77 bits per heavy atom. The molecule has 134 valence electrons. The minimum atomic E-state index is 0.293. The topological polar surface area (TPSA) is 81.2 Å². The molecule has 9 heteroatoms. The van der Waals surface area contributed by atoms with E-state index in [0.29, 0.717) is 39.0 Å². The van der Waals surface area contributed by atoms with Crippen molar-refractivity contribution in [2.45, 2.75) is 0 Å². The van der Waals surface area contributed by atoms with Crippen LogP contribution in [0.5, 0.6) is 11.5 Å². The van der Waals surface area contributed by atoms with E-state index >= 15 is 0 Å². The van der Waals surface area contributed by atoms with Gasteiger partial charge in [-0.2, -0.15) is 10.1 Å². The fraction of sp³-hybridized carbons (Fsp3) is 0.118. The molecule has 0 saturated heterocycles. The number of methoxy groups -OCH3 is 2. The second-order valence-corrected chi connectivity index (χ2v) is 5.92. The Balaban J connectivity index is 1.82. The predicted molar refractivity (Wildman–Crippen MR) is 102 cm³/mol. The Morgan fingerprint density at radius 3 is 2.50 bits per heavy atom. The summed E-state index contributed by atoms with van der Waals surface area (Å²) in [5.74, 6) is 2.08. The summed E-state index contributed by atoms with van der Waals surface area (Å²) in [7, 11) is 3.17. The summed E-state index contributed by atoms with van der Waals surface area (Å²) < 4.78 is 10.6. The smallest absolute Gasteiger partial charge is 0.249 e. The lowest BCUT2D eigenvalue weighted by atomic mass is 10.2. The number of aromatic nitrogens is 3. The van der Waals surface area contributed by atoms with Crippen molar-refractivity contribution in [1.82, 2.24) is 15.2 Å². The lowest BCUT2D eigenvalue weighted by Gasteiger charge is -2.12. The second kappa shape index (κ2) is 8.07. The third kappa shape index (κ3) is 4.25. The van der Waals surface area contributed by atoms with Crippen LogP contribution >= 0.6 is 23.2 Å². The molecule has 0 atom stereocenters. The lowest BCUT2D eigenvalue weighted by Crippen LogP contribution is -2.03. The molecule has 0 fully saturated rings. The summed E-state index contributed by atoms with van der Waals surface area (Å²) in [6.07, 6.45) is 1.50. The maximum Gasteiger partial charge on any atom is 0.249 e. The lowest BCUT2D eigenvalue weighted by molar-refractivity contribution is 0.405. The maximum atomic E-state index is 6.02. The number of nitrogens with one attached hydrogen (secondary N) is 2. The zero-order valence-electron chi connectivity index (χ0n) is 14.0. The molecule has 0 aliphatic carbocycles. The average molecular weight is 392 g/mol. The molecule has 0 aliphatic rings. The molecule has 0 radical (unpaired) electrons. The summed E-state index contributed by atoms with van der Waals surface area (Å²) in [6.45, 7) is 0. The molecular formula is C17H15Cl2N5O2. The van der Waals surface area contributed by atoms with Crippen molar-refractivity contribution in [3.8, 4) is 11.5 Å². The molecule has 1 aromatic heterocycles. The van der Waals surface area contributed by atoms with Gasteiger partial charge in [0.25, 0.3) is 0 Å². The highest BCUT2D eigenvalue weighted by Gasteiger charge is 2.09. The van der Waals surface area contributed by atoms with Gasteiger partial charge in [0.1, 0.15) is 11.5 Å². The molecule has 3 aromatic rings. The standard InChI is InChI=1S/C17H15Cl2N5O2/c1-25-11-4-6-15(26-2)14(8-11)22-17-23-16(9-20-24-17)21-10-3-5-12(18)13(19)7-10/h3-9H,1-2H3,(H2,21,22,23,24). The number of hydrogen-bond acceptors (Lipinski definition) is 7. The number of ether oxygens (including phenoxy) is 2. The van der Waals surface area contributed by atoms with E-state index in [4.69, 9.17) is 32.7 Å². The van der Waals surface area contributed by atoms with E-state index in [9.17, 15) is 0 Å². The Hall–Kier alpha value is -2.77. The number of halogens is 2. The van der Waals surface area contributed by atoms with Crippen molar-refractivity contribution in [3.05, 3.63) is 52.6 Å². The largest absolute Gasteiger partial charge is 0.497 e. The van der Waals surface area contributed by atoms with Crippen molar-refractivity contribution in [2.24, 2.45) is 0 Å². The number of hydrogen-bond donors (Lipinski definition) is 2. The van der Waals surface area contributed by atoms with E-state index in [1.165, 1.54) is 6.20 Å². The molecule has 26 heavy (non-hydrogen) atoms. The first kappa shape index (κ1) is 18.0. The molecule has 3 rings (SSSR count). The van der Waals surface area contributed by atoms with Gasteiger partial charge in [-0.3, -0.25) is 0 Å². The predicted octanol–water partition coefficient (Wildman–Crippen LogP) is 4.68. The highest BCUT2D eigenvalue weighted by atomic mass is 35.5. The van der Waals surface area contributed by atoms with Crippen LogP contribution in [0.2, 0.25) is 10.0 Å². The summed E-state index contributed by atoms with van der Waals surface area (Å²) in [5.41, 5.74) is 1.38.